The average Bonchev–Trinajstić information content (AvgIpc) is 3.51. The molecule has 2 N–H and O–H groups in total. The molecule has 35 heavy (non-hydrogen) atoms. The molecule has 184 valence electrons. The van der Waals surface area contributed by atoms with Crippen molar-refractivity contribution in [1.29, 1.82) is 0 Å². The molecule has 3 amide bonds. The Morgan fingerprint density at radius 1 is 1.09 bits per heavy atom. The van der Waals surface area contributed by atoms with Crippen molar-refractivity contribution < 1.29 is 9.59 Å². The van der Waals surface area contributed by atoms with Crippen molar-refractivity contribution in [3.05, 3.63) is 46.6 Å². The number of aryl methyl sites for hydroxylation is 2. The van der Waals surface area contributed by atoms with Gasteiger partial charge in [0.1, 0.15) is 17.0 Å². The number of rotatable bonds is 5. The van der Waals surface area contributed by atoms with E-state index < -0.39 is 0 Å². The number of aromatic nitrogens is 2. The molecule has 2 aliphatic rings. The molecule has 2 aliphatic heterocycles. The maximum Gasteiger partial charge on any atom is 0.321 e. The number of likely N-dealkylation sites (tertiary alicyclic amines) is 1. The van der Waals surface area contributed by atoms with Gasteiger partial charge in [0.05, 0.1) is 5.39 Å². The molecule has 8 nitrogen and oxygen atoms in total. The largest absolute Gasteiger partial charge is 0.356 e. The van der Waals surface area contributed by atoms with E-state index in [1.807, 2.05) is 29.2 Å². The zero-order valence-electron chi connectivity index (χ0n) is 20.3. The molecule has 1 aromatic carbocycles. The van der Waals surface area contributed by atoms with E-state index in [4.69, 9.17) is 0 Å². The van der Waals surface area contributed by atoms with Gasteiger partial charge in [0.15, 0.2) is 0 Å². The third kappa shape index (κ3) is 5.10. The van der Waals surface area contributed by atoms with Crippen molar-refractivity contribution in [3.8, 4) is 0 Å². The molecule has 0 radical (unpaired) electrons. The maximum atomic E-state index is 12.9. The first-order chi connectivity index (χ1) is 17.0. The molecule has 3 aromatic rings. The van der Waals surface area contributed by atoms with Crippen LogP contribution in [0, 0.1) is 19.8 Å². The summed E-state index contributed by atoms with van der Waals surface area (Å²) >= 11 is 1.71. The number of urea groups is 1. The van der Waals surface area contributed by atoms with Crippen LogP contribution in [-0.4, -0.2) is 53.0 Å². The predicted molar refractivity (Wildman–Crippen MR) is 140 cm³/mol. The molecule has 0 unspecified atom stereocenters. The smallest absolute Gasteiger partial charge is 0.321 e. The van der Waals surface area contributed by atoms with Crippen molar-refractivity contribution in [2.45, 2.75) is 46.1 Å². The van der Waals surface area contributed by atoms with Crippen molar-refractivity contribution in [1.82, 2.24) is 20.2 Å². The minimum atomic E-state index is -0.0517. The van der Waals surface area contributed by atoms with Crippen LogP contribution < -0.4 is 15.5 Å². The fourth-order valence-electron chi connectivity index (χ4n) is 4.97. The first-order valence-corrected chi connectivity index (χ1v) is 13.2. The molecule has 2 saturated heterocycles. The number of nitrogens with zero attached hydrogens (tertiary/aromatic N) is 4. The van der Waals surface area contributed by atoms with Crippen LogP contribution >= 0.6 is 11.3 Å². The summed E-state index contributed by atoms with van der Waals surface area (Å²) in [5.74, 6) is 1.07. The second-order valence-corrected chi connectivity index (χ2v) is 10.7. The van der Waals surface area contributed by atoms with Gasteiger partial charge in [0, 0.05) is 49.2 Å². The van der Waals surface area contributed by atoms with Gasteiger partial charge >= 0.3 is 6.03 Å². The van der Waals surface area contributed by atoms with E-state index in [9.17, 15) is 9.59 Å². The first-order valence-electron chi connectivity index (χ1n) is 12.4. The Balaban J connectivity index is 1.14. The van der Waals surface area contributed by atoms with Crippen molar-refractivity contribution >= 4 is 45.0 Å². The second kappa shape index (κ2) is 10.2. The third-order valence-corrected chi connectivity index (χ3v) is 8.26. The number of thiophene rings is 1. The Hall–Kier alpha value is -3.20. The van der Waals surface area contributed by atoms with E-state index in [0.29, 0.717) is 6.54 Å². The summed E-state index contributed by atoms with van der Waals surface area (Å²) in [6, 6.07) is 7.65. The summed E-state index contributed by atoms with van der Waals surface area (Å²) in [6.07, 6.45) is 5.37. The van der Waals surface area contributed by atoms with Gasteiger partial charge in [-0.15, -0.1) is 11.3 Å². The molecule has 9 heteroatoms. The molecule has 0 spiro atoms. The Morgan fingerprint density at radius 2 is 1.86 bits per heavy atom. The predicted octanol–water partition coefficient (Wildman–Crippen LogP) is 4.47. The molecule has 2 fully saturated rings. The molecule has 0 aliphatic carbocycles. The number of fused-ring (bicyclic) bond motifs is 1. The highest BCUT2D eigenvalue weighted by Gasteiger charge is 2.27. The molecule has 0 atom stereocenters. The quantitative estimate of drug-likeness (QED) is 0.549. The molecule has 0 bridgehead atoms. The van der Waals surface area contributed by atoms with Crippen LogP contribution in [0.4, 0.5) is 16.3 Å². The van der Waals surface area contributed by atoms with Crippen LogP contribution in [0.2, 0.25) is 0 Å². The number of piperidine rings is 1. The van der Waals surface area contributed by atoms with E-state index in [1.165, 1.54) is 10.4 Å². The molecule has 0 saturated carbocycles. The zero-order chi connectivity index (χ0) is 24.4. The minimum absolute atomic E-state index is 0.00746. The molecule has 4 heterocycles. The minimum Gasteiger partial charge on any atom is -0.356 e. The van der Waals surface area contributed by atoms with Gasteiger partial charge in [-0.25, -0.2) is 14.8 Å². The van der Waals surface area contributed by atoms with Gasteiger partial charge < -0.3 is 20.4 Å². The van der Waals surface area contributed by atoms with Gasteiger partial charge in [0.2, 0.25) is 5.91 Å². The summed E-state index contributed by atoms with van der Waals surface area (Å²) in [5.41, 5.74) is 2.98. The summed E-state index contributed by atoms with van der Waals surface area (Å²) in [6.45, 7) is 7.94. The lowest BCUT2D eigenvalue weighted by molar-refractivity contribution is -0.125. The number of nitrogens with one attached hydrogen (secondary N) is 2. The van der Waals surface area contributed by atoms with Crippen LogP contribution in [-0.2, 0) is 11.3 Å². The number of amides is 3. The molecule has 2 aromatic heterocycles. The molecule has 5 rings (SSSR count). The topological polar surface area (TPSA) is 90.5 Å². The van der Waals surface area contributed by atoms with E-state index in [2.05, 4.69) is 39.3 Å². The summed E-state index contributed by atoms with van der Waals surface area (Å²) < 4.78 is 0. The van der Waals surface area contributed by atoms with Gasteiger partial charge in [0.25, 0.3) is 0 Å². The standard InChI is InChI=1S/C26H32N6O2S/c1-17-18(2)35-25-22(17)23(28-16-29-25)31-12-8-20(9-13-31)24(33)27-15-19-6-5-7-21(14-19)30-26(34)32-10-3-4-11-32/h5-7,14,16,20H,3-4,8-13,15H2,1-2H3,(H,27,33)(H,30,34). The second-order valence-electron chi connectivity index (χ2n) is 9.46. The lowest BCUT2D eigenvalue weighted by atomic mass is 9.95. The summed E-state index contributed by atoms with van der Waals surface area (Å²) in [4.78, 5) is 40.7. The Bertz CT molecular complexity index is 1230. The number of benzene rings is 1. The SMILES string of the molecule is Cc1sc2ncnc(N3CCC(C(=O)NCc4cccc(NC(=O)N5CCCC5)c4)CC3)c2c1C. The van der Waals surface area contributed by atoms with E-state index in [-0.39, 0.29) is 17.9 Å². The Labute approximate surface area is 209 Å². The summed E-state index contributed by atoms with van der Waals surface area (Å²) in [7, 11) is 0. The number of carbonyl (C=O) groups is 2. The van der Waals surface area contributed by atoms with Crippen LogP contribution in [0.15, 0.2) is 30.6 Å². The van der Waals surface area contributed by atoms with E-state index in [0.717, 1.165) is 79.1 Å². The van der Waals surface area contributed by atoms with Crippen molar-refractivity contribution in [2.75, 3.05) is 36.4 Å². The van der Waals surface area contributed by atoms with Crippen molar-refractivity contribution in [2.24, 2.45) is 5.92 Å². The highest BCUT2D eigenvalue weighted by atomic mass is 32.1. The van der Waals surface area contributed by atoms with Gasteiger partial charge in [-0.2, -0.15) is 0 Å². The van der Waals surface area contributed by atoms with E-state index in [1.54, 1.807) is 17.7 Å². The Kier molecular flexibility index (Phi) is 6.86. The number of hydrogen-bond donors (Lipinski definition) is 2. The molecular formula is C26H32N6O2S. The zero-order valence-corrected chi connectivity index (χ0v) is 21.2. The highest BCUT2D eigenvalue weighted by Crippen LogP contribution is 2.35. The lowest BCUT2D eigenvalue weighted by Crippen LogP contribution is -2.40. The van der Waals surface area contributed by atoms with Crippen LogP contribution in [0.3, 0.4) is 0 Å². The fourth-order valence-corrected chi connectivity index (χ4v) is 5.96. The first kappa shape index (κ1) is 23.5. The number of hydrogen-bond acceptors (Lipinski definition) is 6. The molecular weight excluding hydrogens is 460 g/mol. The van der Waals surface area contributed by atoms with Gasteiger partial charge in [-0.3, -0.25) is 4.79 Å². The third-order valence-electron chi connectivity index (χ3n) is 7.15. The maximum absolute atomic E-state index is 12.9. The normalized spacial score (nSPS) is 16.6. The number of anilines is 2. The van der Waals surface area contributed by atoms with Gasteiger partial charge in [-0.1, -0.05) is 12.1 Å². The van der Waals surface area contributed by atoms with Crippen molar-refractivity contribution in [3.63, 3.8) is 0 Å². The summed E-state index contributed by atoms with van der Waals surface area (Å²) in [5, 5.41) is 7.22. The Morgan fingerprint density at radius 3 is 2.63 bits per heavy atom. The van der Waals surface area contributed by atoms with Crippen LogP contribution in [0.1, 0.15) is 41.7 Å². The number of carbonyl (C=O) groups excluding carboxylic acids is 2. The fraction of sp³-hybridized carbons (Fsp3) is 0.462. The highest BCUT2D eigenvalue weighted by molar-refractivity contribution is 7.18. The van der Waals surface area contributed by atoms with E-state index >= 15 is 0 Å². The van der Waals surface area contributed by atoms with Crippen LogP contribution in [0.25, 0.3) is 10.2 Å². The van der Waals surface area contributed by atoms with Gasteiger partial charge in [-0.05, 0) is 62.8 Å². The monoisotopic (exact) mass is 492 g/mol. The lowest BCUT2D eigenvalue weighted by Gasteiger charge is -2.32. The van der Waals surface area contributed by atoms with Crippen LogP contribution in [0.5, 0.6) is 0 Å². The average molecular weight is 493 g/mol.